The van der Waals surface area contributed by atoms with Crippen molar-refractivity contribution < 1.29 is 18.5 Å². The molecule has 28 heavy (non-hydrogen) atoms. The first kappa shape index (κ1) is 17.5. The number of furan rings is 1. The average molecular weight is 375 g/mol. The predicted octanol–water partition coefficient (Wildman–Crippen LogP) is 4.18. The summed E-state index contributed by atoms with van der Waals surface area (Å²) in [6.07, 6.45) is 1.99. The van der Waals surface area contributed by atoms with Crippen molar-refractivity contribution in [1.82, 2.24) is 10.1 Å². The van der Waals surface area contributed by atoms with Crippen LogP contribution >= 0.6 is 0 Å². The second-order valence-corrected chi connectivity index (χ2v) is 6.05. The van der Waals surface area contributed by atoms with Gasteiger partial charge in [0.05, 0.1) is 19.8 Å². The van der Waals surface area contributed by atoms with Gasteiger partial charge in [0.1, 0.15) is 5.75 Å². The molecule has 0 aliphatic carbocycles. The number of nitrogens with zero attached hydrogens (tertiary/aromatic N) is 2. The lowest BCUT2D eigenvalue weighted by atomic mass is 10.1. The number of carbonyl (C=O) groups is 1. The number of anilines is 1. The molecule has 0 bridgehead atoms. The Labute approximate surface area is 161 Å². The molecular formula is C21H17N3O4. The summed E-state index contributed by atoms with van der Waals surface area (Å²) in [5.74, 6) is 1.77. The van der Waals surface area contributed by atoms with Gasteiger partial charge in [-0.05, 0) is 54.1 Å². The van der Waals surface area contributed by atoms with Gasteiger partial charge in [0.15, 0.2) is 5.76 Å². The van der Waals surface area contributed by atoms with Crippen LogP contribution in [0.4, 0.5) is 5.69 Å². The first-order valence-corrected chi connectivity index (χ1v) is 8.62. The van der Waals surface area contributed by atoms with Crippen molar-refractivity contribution in [3.05, 3.63) is 84.1 Å². The SMILES string of the molecule is COc1ccc(Cc2nc(-c3ccc(NC(=O)c4ccco4)cc3)no2)cc1. The van der Waals surface area contributed by atoms with Crippen molar-refractivity contribution in [2.75, 3.05) is 12.4 Å². The molecule has 7 nitrogen and oxygen atoms in total. The summed E-state index contributed by atoms with van der Waals surface area (Å²) in [6.45, 7) is 0. The highest BCUT2D eigenvalue weighted by molar-refractivity contribution is 6.02. The molecule has 0 atom stereocenters. The highest BCUT2D eigenvalue weighted by Crippen LogP contribution is 2.21. The highest BCUT2D eigenvalue weighted by atomic mass is 16.5. The van der Waals surface area contributed by atoms with Crippen molar-refractivity contribution in [1.29, 1.82) is 0 Å². The van der Waals surface area contributed by atoms with Crippen LogP contribution in [0.25, 0.3) is 11.4 Å². The van der Waals surface area contributed by atoms with Gasteiger partial charge in [-0.15, -0.1) is 0 Å². The molecule has 0 saturated heterocycles. The molecule has 140 valence electrons. The lowest BCUT2D eigenvalue weighted by molar-refractivity contribution is 0.0996. The monoisotopic (exact) mass is 375 g/mol. The Kier molecular flexibility index (Phi) is 4.88. The fourth-order valence-electron chi connectivity index (χ4n) is 2.67. The lowest BCUT2D eigenvalue weighted by Gasteiger charge is -2.03. The van der Waals surface area contributed by atoms with Crippen molar-refractivity contribution in [3.8, 4) is 17.1 Å². The van der Waals surface area contributed by atoms with Gasteiger partial charge in [-0.25, -0.2) is 0 Å². The van der Waals surface area contributed by atoms with Crippen LogP contribution in [0, 0.1) is 0 Å². The molecule has 1 N–H and O–H groups in total. The van der Waals surface area contributed by atoms with Crippen molar-refractivity contribution >= 4 is 11.6 Å². The molecule has 2 heterocycles. The molecule has 0 aliphatic rings. The van der Waals surface area contributed by atoms with Crippen LogP contribution in [0.3, 0.4) is 0 Å². The first-order valence-electron chi connectivity index (χ1n) is 8.62. The highest BCUT2D eigenvalue weighted by Gasteiger charge is 2.11. The van der Waals surface area contributed by atoms with Crippen molar-refractivity contribution in [3.63, 3.8) is 0 Å². The second kappa shape index (κ2) is 7.79. The molecule has 1 amide bonds. The Morgan fingerprint density at radius 2 is 1.86 bits per heavy atom. The van der Waals surface area contributed by atoms with Gasteiger partial charge in [-0.1, -0.05) is 17.3 Å². The fraction of sp³-hybridized carbons (Fsp3) is 0.0952. The Balaban J connectivity index is 1.42. The molecule has 2 aromatic carbocycles. The average Bonchev–Trinajstić information content (AvgIpc) is 3.42. The van der Waals surface area contributed by atoms with Crippen LogP contribution in [0.15, 0.2) is 75.9 Å². The zero-order valence-corrected chi connectivity index (χ0v) is 15.1. The summed E-state index contributed by atoms with van der Waals surface area (Å²) in [7, 11) is 1.63. The molecule has 0 unspecified atom stereocenters. The molecule has 0 radical (unpaired) electrons. The van der Waals surface area contributed by atoms with E-state index in [2.05, 4.69) is 15.5 Å². The van der Waals surface area contributed by atoms with Gasteiger partial charge in [0.25, 0.3) is 5.91 Å². The molecule has 0 aliphatic heterocycles. The fourth-order valence-corrected chi connectivity index (χ4v) is 2.67. The maximum atomic E-state index is 12.0. The van der Waals surface area contributed by atoms with E-state index in [1.54, 1.807) is 31.4 Å². The van der Waals surface area contributed by atoms with Crippen LogP contribution in [0.5, 0.6) is 5.75 Å². The van der Waals surface area contributed by atoms with E-state index in [-0.39, 0.29) is 11.7 Å². The minimum absolute atomic E-state index is 0.255. The summed E-state index contributed by atoms with van der Waals surface area (Å²) >= 11 is 0. The number of ether oxygens (including phenoxy) is 1. The predicted molar refractivity (Wildman–Crippen MR) is 102 cm³/mol. The van der Waals surface area contributed by atoms with Gasteiger partial charge in [-0.2, -0.15) is 4.98 Å². The molecule has 4 rings (SSSR count). The van der Waals surface area contributed by atoms with E-state index in [1.165, 1.54) is 6.26 Å². The van der Waals surface area contributed by atoms with E-state index >= 15 is 0 Å². The van der Waals surface area contributed by atoms with E-state index in [9.17, 15) is 4.79 Å². The molecule has 0 spiro atoms. The summed E-state index contributed by atoms with van der Waals surface area (Å²) in [5, 5.41) is 6.80. The number of nitrogens with one attached hydrogen (secondary N) is 1. The molecule has 0 saturated carbocycles. The number of amides is 1. The third-order valence-corrected chi connectivity index (χ3v) is 4.13. The third-order valence-electron chi connectivity index (χ3n) is 4.13. The van der Waals surface area contributed by atoms with E-state index in [0.717, 1.165) is 16.9 Å². The summed E-state index contributed by atoms with van der Waals surface area (Å²) < 4.78 is 15.6. The van der Waals surface area contributed by atoms with Crippen LogP contribution in [-0.2, 0) is 6.42 Å². The summed E-state index contributed by atoms with van der Waals surface area (Å²) in [5.41, 5.74) is 2.49. The van der Waals surface area contributed by atoms with Crippen LogP contribution in [-0.4, -0.2) is 23.2 Å². The molecule has 4 aromatic rings. The van der Waals surface area contributed by atoms with Gasteiger partial charge in [0.2, 0.25) is 11.7 Å². The topological polar surface area (TPSA) is 90.4 Å². The number of methoxy groups -OCH3 is 1. The number of carbonyl (C=O) groups excluding carboxylic acids is 1. The smallest absolute Gasteiger partial charge is 0.291 e. The van der Waals surface area contributed by atoms with Crippen LogP contribution < -0.4 is 10.1 Å². The van der Waals surface area contributed by atoms with Gasteiger partial charge < -0.3 is 19.0 Å². The van der Waals surface area contributed by atoms with E-state index < -0.39 is 0 Å². The van der Waals surface area contributed by atoms with Gasteiger partial charge >= 0.3 is 0 Å². The minimum atomic E-state index is -0.306. The number of hydrogen-bond acceptors (Lipinski definition) is 6. The van der Waals surface area contributed by atoms with Crippen LogP contribution in [0.1, 0.15) is 22.0 Å². The van der Waals surface area contributed by atoms with Gasteiger partial charge in [-0.3, -0.25) is 4.79 Å². The number of hydrogen-bond donors (Lipinski definition) is 1. The number of rotatable bonds is 6. The maximum absolute atomic E-state index is 12.0. The van der Waals surface area contributed by atoms with Crippen molar-refractivity contribution in [2.24, 2.45) is 0 Å². The largest absolute Gasteiger partial charge is 0.497 e. The zero-order chi connectivity index (χ0) is 19.3. The normalized spacial score (nSPS) is 10.6. The number of benzene rings is 2. The Bertz CT molecular complexity index is 1050. The number of aromatic nitrogens is 2. The Morgan fingerprint density at radius 3 is 2.54 bits per heavy atom. The Hall–Kier alpha value is -3.87. The lowest BCUT2D eigenvalue weighted by Crippen LogP contribution is -2.10. The van der Waals surface area contributed by atoms with E-state index in [0.29, 0.717) is 23.8 Å². The molecule has 7 heteroatoms. The summed E-state index contributed by atoms with van der Waals surface area (Å²) in [6, 6.07) is 18.2. The quantitative estimate of drug-likeness (QED) is 0.544. The van der Waals surface area contributed by atoms with Crippen molar-refractivity contribution in [2.45, 2.75) is 6.42 Å². The Morgan fingerprint density at radius 1 is 1.07 bits per heavy atom. The van der Waals surface area contributed by atoms with E-state index in [1.807, 2.05) is 36.4 Å². The molecule has 2 aromatic heterocycles. The van der Waals surface area contributed by atoms with Crippen LogP contribution in [0.2, 0.25) is 0 Å². The third kappa shape index (κ3) is 3.93. The first-order chi connectivity index (χ1) is 13.7. The standard InChI is InChI=1S/C21H17N3O4/c1-26-17-10-4-14(5-11-17)13-19-23-20(24-28-19)15-6-8-16(9-7-15)22-21(25)18-3-2-12-27-18/h2-12H,13H2,1H3,(H,22,25). The maximum Gasteiger partial charge on any atom is 0.291 e. The van der Waals surface area contributed by atoms with Gasteiger partial charge in [0, 0.05) is 11.3 Å². The van der Waals surface area contributed by atoms with E-state index in [4.69, 9.17) is 13.7 Å². The molecule has 0 fully saturated rings. The zero-order valence-electron chi connectivity index (χ0n) is 15.1. The second-order valence-electron chi connectivity index (χ2n) is 6.05. The molecular weight excluding hydrogens is 358 g/mol. The summed E-state index contributed by atoms with van der Waals surface area (Å²) in [4.78, 5) is 16.4. The minimum Gasteiger partial charge on any atom is -0.497 e.